The van der Waals surface area contributed by atoms with Crippen LogP contribution in [-0.2, 0) is 0 Å². The molecule has 0 amide bonds. The molecule has 114 valence electrons. The van der Waals surface area contributed by atoms with Crippen LogP contribution in [0.2, 0.25) is 0 Å². The summed E-state index contributed by atoms with van der Waals surface area (Å²) in [6, 6.07) is 11.2. The fraction of sp³-hybridized carbons (Fsp3) is 0.0588. The van der Waals surface area contributed by atoms with Crippen molar-refractivity contribution in [2.75, 3.05) is 6.79 Å². The topological polar surface area (TPSA) is 64.2 Å². The van der Waals surface area contributed by atoms with E-state index in [-0.39, 0.29) is 12.4 Å². The molecule has 0 saturated carbocycles. The fourth-order valence-electron chi connectivity index (χ4n) is 2.42. The fourth-order valence-corrected chi connectivity index (χ4v) is 2.99. The van der Waals surface area contributed by atoms with Crippen LogP contribution >= 0.6 is 15.9 Å². The van der Waals surface area contributed by atoms with Gasteiger partial charge >= 0.3 is 0 Å². The van der Waals surface area contributed by atoms with E-state index in [2.05, 4.69) is 25.9 Å². The maximum Gasteiger partial charge on any atom is 0.274 e. The number of benzene rings is 2. The molecule has 1 aromatic heterocycles. The lowest BCUT2D eigenvalue weighted by Crippen LogP contribution is -2.11. The van der Waals surface area contributed by atoms with E-state index in [0.29, 0.717) is 17.2 Å². The maximum absolute atomic E-state index is 12.1. The summed E-state index contributed by atoms with van der Waals surface area (Å²) in [6.07, 6.45) is 3.51. The maximum atomic E-state index is 12.1. The van der Waals surface area contributed by atoms with Gasteiger partial charge in [-0.3, -0.25) is 4.79 Å². The summed E-state index contributed by atoms with van der Waals surface area (Å²) in [6.45, 7) is 0.215. The van der Waals surface area contributed by atoms with Crippen LogP contribution in [0.1, 0.15) is 11.3 Å². The van der Waals surface area contributed by atoms with E-state index in [9.17, 15) is 4.79 Å². The number of aromatic nitrogens is 2. The van der Waals surface area contributed by atoms with Gasteiger partial charge in [0, 0.05) is 0 Å². The lowest BCUT2D eigenvalue weighted by atomic mass is 10.1. The quantitative estimate of drug-likeness (QED) is 0.748. The van der Waals surface area contributed by atoms with Gasteiger partial charge in [0.1, 0.15) is 5.69 Å². The standard InChI is InChI=1S/C17H11BrN2O3/c18-11-7-10(8-15-16(11)23-9-22-15)5-6-14-17(21)20-13-4-2-1-3-12(13)19-14/h1-8H,9H2,(H,20,21)/b6-5+. The molecule has 6 heteroatoms. The number of ether oxygens (including phenoxy) is 2. The molecule has 1 aliphatic heterocycles. The minimum Gasteiger partial charge on any atom is -0.454 e. The number of para-hydroxylation sites is 2. The second kappa shape index (κ2) is 5.55. The molecule has 1 N–H and O–H groups in total. The van der Waals surface area contributed by atoms with Crippen molar-refractivity contribution in [3.05, 3.63) is 62.5 Å². The first-order valence-electron chi connectivity index (χ1n) is 6.97. The van der Waals surface area contributed by atoms with E-state index < -0.39 is 0 Å². The van der Waals surface area contributed by atoms with Gasteiger partial charge in [0.2, 0.25) is 6.79 Å². The van der Waals surface area contributed by atoms with E-state index in [4.69, 9.17) is 9.47 Å². The lowest BCUT2D eigenvalue weighted by Gasteiger charge is -2.01. The molecule has 23 heavy (non-hydrogen) atoms. The van der Waals surface area contributed by atoms with Crippen LogP contribution in [0.25, 0.3) is 23.2 Å². The SMILES string of the molecule is O=c1[nH]c2ccccc2nc1/C=C/c1cc(Br)c2c(c1)OCO2. The van der Waals surface area contributed by atoms with Gasteiger partial charge < -0.3 is 14.5 Å². The first-order chi connectivity index (χ1) is 11.2. The molecule has 0 bridgehead atoms. The highest BCUT2D eigenvalue weighted by atomic mass is 79.9. The Morgan fingerprint density at radius 3 is 2.96 bits per heavy atom. The van der Waals surface area contributed by atoms with Gasteiger partial charge in [-0.05, 0) is 51.8 Å². The minimum atomic E-state index is -0.222. The molecule has 1 aliphatic rings. The Bertz CT molecular complexity index is 995. The summed E-state index contributed by atoms with van der Waals surface area (Å²) in [5.74, 6) is 1.38. The smallest absolute Gasteiger partial charge is 0.274 e. The number of aromatic amines is 1. The van der Waals surface area contributed by atoms with Crippen molar-refractivity contribution in [1.29, 1.82) is 0 Å². The molecule has 0 fully saturated rings. The van der Waals surface area contributed by atoms with Crippen LogP contribution < -0.4 is 15.0 Å². The average molecular weight is 371 g/mol. The van der Waals surface area contributed by atoms with E-state index in [1.54, 1.807) is 6.08 Å². The van der Waals surface area contributed by atoms with Crippen LogP contribution in [0.15, 0.2) is 45.7 Å². The van der Waals surface area contributed by atoms with Crippen molar-refractivity contribution in [3.8, 4) is 11.5 Å². The van der Waals surface area contributed by atoms with Crippen LogP contribution in [-0.4, -0.2) is 16.8 Å². The zero-order chi connectivity index (χ0) is 15.8. The Morgan fingerprint density at radius 2 is 2.04 bits per heavy atom. The summed E-state index contributed by atoms with van der Waals surface area (Å²) >= 11 is 3.45. The van der Waals surface area contributed by atoms with Gasteiger partial charge in [0.05, 0.1) is 15.5 Å². The molecule has 4 rings (SSSR count). The summed E-state index contributed by atoms with van der Waals surface area (Å²) in [5.41, 5.74) is 2.49. The van der Waals surface area contributed by atoms with Crippen LogP contribution in [0.5, 0.6) is 11.5 Å². The molecule has 2 aromatic carbocycles. The molecule has 2 heterocycles. The summed E-state index contributed by atoms with van der Waals surface area (Å²) in [7, 11) is 0. The number of H-pyrrole nitrogens is 1. The largest absolute Gasteiger partial charge is 0.454 e. The van der Waals surface area contributed by atoms with Crippen LogP contribution in [0.4, 0.5) is 0 Å². The van der Waals surface area contributed by atoms with E-state index in [1.165, 1.54) is 0 Å². The molecule has 0 atom stereocenters. The number of hydrogen-bond acceptors (Lipinski definition) is 4. The van der Waals surface area contributed by atoms with Crippen molar-refractivity contribution >= 4 is 39.1 Å². The Labute approximate surface area is 139 Å². The number of nitrogens with one attached hydrogen (secondary N) is 1. The van der Waals surface area contributed by atoms with Gasteiger partial charge in [-0.2, -0.15) is 0 Å². The number of rotatable bonds is 2. The average Bonchev–Trinajstić information content (AvgIpc) is 3.02. The monoisotopic (exact) mass is 370 g/mol. The zero-order valence-electron chi connectivity index (χ0n) is 11.9. The zero-order valence-corrected chi connectivity index (χ0v) is 13.5. The van der Waals surface area contributed by atoms with E-state index in [1.807, 2.05) is 42.5 Å². The van der Waals surface area contributed by atoms with E-state index >= 15 is 0 Å². The second-order valence-electron chi connectivity index (χ2n) is 5.04. The predicted molar refractivity (Wildman–Crippen MR) is 91.6 cm³/mol. The third kappa shape index (κ3) is 2.61. The molecule has 5 nitrogen and oxygen atoms in total. The van der Waals surface area contributed by atoms with Gasteiger partial charge in [0.15, 0.2) is 11.5 Å². The van der Waals surface area contributed by atoms with Gasteiger partial charge in [0.25, 0.3) is 5.56 Å². The second-order valence-corrected chi connectivity index (χ2v) is 5.89. The molecule has 0 radical (unpaired) electrons. The Balaban J connectivity index is 1.73. The summed E-state index contributed by atoms with van der Waals surface area (Å²) in [5, 5.41) is 0. The van der Waals surface area contributed by atoms with Crippen molar-refractivity contribution in [1.82, 2.24) is 9.97 Å². The third-order valence-corrected chi connectivity index (χ3v) is 4.10. The summed E-state index contributed by atoms with van der Waals surface area (Å²) < 4.78 is 11.6. The number of halogens is 1. The number of hydrogen-bond donors (Lipinski definition) is 1. The number of fused-ring (bicyclic) bond motifs is 2. The molecule has 3 aromatic rings. The highest BCUT2D eigenvalue weighted by Crippen LogP contribution is 2.40. The molecule has 0 saturated heterocycles. The molecular weight excluding hydrogens is 360 g/mol. The summed E-state index contributed by atoms with van der Waals surface area (Å²) in [4.78, 5) is 19.3. The normalized spacial score (nSPS) is 13.1. The minimum absolute atomic E-state index is 0.215. The van der Waals surface area contributed by atoms with E-state index in [0.717, 1.165) is 21.1 Å². The Hall–Kier alpha value is -2.60. The van der Waals surface area contributed by atoms with Crippen molar-refractivity contribution < 1.29 is 9.47 Å². The predicted octanol–water partition coefficient (Wildman–Crippen LogP) is 3.58. The molecular formula is C17H11BrN2O3. The van der Waals surface area contributed by atoms with Gasteiger partial charge in [-0.25, -0.2) is 4.98 Å². The van der Waals surface area contributed by atoms with Crippen LogP contribution in [0, 0.1) is 0 Å². The van der Waals surface area contributed by atoms with Crippen molar-refractivity contribution in [2.45, 2.75) is 0 Å². The van der Waals surface area contributed by atoms with Crippen molar-refractivity contribution in [2.24, 2.45) is 0 Å². The number of nitrogens with zero attached hydrogens (tertiary/aromatic N) is 1. The third-order valence-electron chi connectivity index (χ3n) is 3.51. The highest BCUT2D eigenvalue weighted by Gasteiger charge is 2.17. The molecule has 0 spiro atoms. The lowest BCUT2D eigenvalue weighted by molar-refractivity contribution is 0.173. The van der Waals surface area contributed by atoms with Gasteiger partial charge in [-0.15, -0.1) is 0 Å². The molecule has 0 aliphatic carbocycles. The first-order valence-corrected chi connectivity index (χ1v) is 7.76. The Morgan fingerprint density at radius 1 is 1.17 bits per heavy atom. The molecule has 0 unspecified atom stereocenters. The van der Waals surface area contributed by atoms with Gasteiger partial charge in [-0.1, -0.05) is 18.2 Å². The highest BCUT2D eigenvalue weighted by molar-refractivity contribution is 9.10. The van der Waals surface area contributed by atoms with Crippen LogP contribution in [0.3, 0.4) is 0 Å². The van der Waals surface area contributed by atoms with Crippen molar-refractivity contribution in [3.63, 3.8) is 0 Å². The Kier molecular flexibility index (Phi) is 3.38. The first kappa shape index (κ1) is 14.0.